The minimum absolute atomic E-state index is 0.0112. The van der Waals surface area contributed by atoms with Crippen LogP contribution in [0, 0.1) is 5.92 Å². The van der Waals surface area contributed by atoms with Gasteiger partial charge in [-0.1, -0.05) is 73.4 Å². The van der Waals surface area contributed by atoms with Crippen LogP contribution in [0.2, 0.25) is 10.0 Å². The summed E-state index contributed by atoms with van der Waals surface area (Å²) in [4.78, 5) is 31.6. The van der Waals surface area contributed by atoms with Gasteiger partial charge in [0.15, 0.2) is 0 Å². The van der Waals surface area contributed by atoms with Crippen molar-refractivity contribution < 1.29 is 9.59 Å². The van der Waals surface area contributed by atoms with Crippen molar-refractivity contribution in [2.75, 3.05) is 19.6 Å². The van der Waals surface area contributed by atoms with Crippen molar-refractivity contribution in [3.8, 4) is 0 Å². The number of benzene rings is 2. The quantitative estimate of drug-likeness (QED) is 0.320. The molecule has 3 aromatic rings. The van der Waals surface area contributed by atoms with Gasteiger partial charge in [-0.15, -0.1) is 11.3 Å². The Morgan fingerprint density at radius 1 is 1.11 bits per heavy atom. The van der Waals surface area contributed by atoms with Gasteiger partial charge in [-0.3, -0.25) is 9.59 Å². The maximum atomic E-state index is 13.7. The first-order chi connectivity index (χ1) is 16.8. The van der Waals surface area contributed by atoms with Gasteiger partial charge in [0.25, 0.3) is 0 Å². The molecule has 0 aliphatic carbocycles. The van der Waals surface area contributed by atoms with Gasteiger partial charge in [0.2, 0.25) is 11.8 Å². The van der Waals surface area contributed by atoms with E-state index < -0.39 is 0 Å². The third kappa shape index (κ3) is 6.16. The molecule has 182 valence electrons. The fourth-order valence-electron chi connectivity index (χ4n) is 4.41. The smallest absolute Gasteiger partial charge is 0.247 e. The van der Waals surface area contributed by atoms with Gasteiger partial charge in [0.05, 0.1) is 6.04 Å². The Kier molecular flexibility index (Phi) is 8.32. The highest BCUT2D eigenvalue weighted by Gasteiger charge is 2.35. The van der Waals surface area contributed by atoms with E-state index in [2.05, 4.69) is 11.4 Å². The SMILES string of the molecule is CC(C)CN(CC(=O)N1CCc2sccc2C1c1ccc(Cl)cc1Cl)C(=O)/C=C/c1ccccc1. The van der Waals surface area contributed by atoms with Crippen LogP contribution in [-0.2, 0) is 16.0 Å². The number of carbonyl (C=O) groups is 2. The highest BCUT2D eigenvalue weighted by atomic mass is 35.5. The molecule has 2 aromatic carbocycles. The van der Waals surface area contributed by atoms with E-state index in [1.165, 1.54) is 4.88 Å². The van der Waals surface area contributed by atoms with Crippen molar-refractivity contribution in [1.29, 1.82) is 0 Å². The number of nitrogens with zero attached hydrogens (tertiary/aromatic N) is 2. The highest BCUT2D eigenvalue weighted by Crippen LogP contribution is 2.41. The normalized spacial score (nSPS) is 15.5. The molecule has 0 fully saturated rings. The lowest BCUT2D eigenvalue weighted by atomic mass is 9.93. The van der Waals surface area contributed by atoms with Gasteiger partial charge >= 0.3 is 0 Å². The minimum Gasteiger partial charge on any atom is -0.330 e. The zero-order chi connectivity index (χ0) is 24.9. The van der Waals surface area contributed by atoms with Gasteiger partial charge in [0.1, 0.15) is 6.54 Å². The number of hydrogen-bond donors (Lipinski definition) is 0. The summed E-state index contributed by atoms with van der Waals surface area (Å²) in [6.45, 7) is 5.16. The molecule has 0 spiro atoms. The first-order valence-electron chi connectivity index (χ1n) is 11.7. The van der Waals surface area contributed by atoms with Crippen molar-refractivity contribution in [2.24, 2.45) is 5.92 Å². The average molecular weight is 528 g/mol. The molecule has 4 nitrogen and oxygen atoms in total. The standard InChI is InChI=1S/C28H28Cl2N2O2S/c1-19(2)17-31(26(33)11-8-20-6-4-3-5-7-20)18-27(34)32-14-12-25-23(13-15-35-25)28(32)22-10-9-21(29)16-24(22)30/h3-11,13,15-16,19,28H,12,14,17-18H2,1-2H3/b11-8+. The molecule has 1 aliphatic heterocycles. The van der Waals surface area contributed by atoms with E-state index >= 15 is 0 Å². The Morgan fingerprint density at radius 2 is 1.89 bits per heavy atom. The number of thiophene rings is 1. The van der Waals surface area contributed by atoms with Crippen molar-refractivity contribution in [2.45, 2.75) is 26.3 Å². The summed E-state index contributed by atoms with van der Waals surface area (Å²) in [6, 6.07) is 16.8. The molecule has 0 radical (unpaired) electrons. The largest absolute Gasteiger partial charge is 0.330 e. The van der Waals surface area contributed by atoms with Crippen LogP contribution in [-0.4, -0.2) is 41.2 Å². The van der Waals surface area contributed by atoms with Crippen LogP contribution >= 0.6 is 34.5 Å². The molecule has 1 unspecified atom stereocenters. The summed E-state index contributed by atoms with van der Waals surface area (Å²) in [5.41, 5.74) is 2.87. The van der Waals surface area contributed by atoms with Crippen molar-refractivity contribution in [3.63, 3.8) is 0 Å². The predicted molar refractivity (Wildman–Crippen MR) is 145 cm³/mol. The number of carbonyl (C=O) groups excluding carboxylic acids is 2. The molecule has 0 saturated carbocycles. The van der Waals surface area contributed by atoms with E-state index in [-0.39, 0.29) is 30.3 Å². The third-order valence-corrected chi connectivity index (χ3v) is 7.54. The zero-order valence-corrected chi connectivity index (χ0v) is 22.1. The van der Waals surface area contributed by atoms with Crippen LogP contribution in [0.15, 0.2) is 66.1 Å². The van der Waals surface area contributed by atoms with Crippen LogP contribution in [0.3, 0.4) is 0 Å². The second-order valence-corrected chi connectivity index (χ2v) is 10.9. The van der Waals surface area contributed by atoms with Crippen molar-refractivity contribution in [3.05, 3.63) is 97.7 Å². The van der Waals surface area contributed by atoms with E-state index in [4.69, 9.17) is 23.2 Å². The van der Waals surface area contributed by atoms with Gasteiger partial charge < -0.3 is 9.80 Å². The summed E-state index contributed by atoms with van der Waals surface area (Å²) in [6.07, 6.45) is 4.12. The average Bonchev–Trinajstić information content (AvgIpc) is 3.31. The second-order valence-electron chi connectivity index (χ2n) is 9.06. The summed E-state index contributed by atoms with van der Waals surface area (Å²) in [5, 5.41) is 3.13. The fraction of sp³-hybridized carbons (Fsp3) is 0.286. The molecule has 0 N–H and O–H groups in total. The van der Waals surface area contributed by atoms with Gasteiger partial charge in [-0.2, -0.15) is 0 Å². The number of fused-ring (bicyclic) bond motifs is 1. The molecular weight excluding hydrogens is 499 g/mol. The maximum absolute atomic E-state index is 13.7. The Labute approximate surface area is 220 Å². The predicted octanol–water partition coefficient (Wildman–Crippen LogP) is 6.73. The fourth-order valence-corrected chi connectivity index (χ4v) is 5.82. The zero-order valence-electron chi connectivity index (χ0n) is 19.8. The molecule has 35 heavy (non-hydrogen) atoms. The lowest BCUT2D eigenvalue weighted by Gasteiger charge is -2.38. The number of halogens is 2. The molecule has 0 saturated heterocycles. The Bertz CT molecular complexity index is 1220. The minimum atomic E-state index is -0.307. The molecule has 4 rings (SSSR count). The number of hydrogen-bond acceptors (Lipinski definition) is 3. The topological polar surface area (TPSA) is 40.6 Å². The molecule has 1 aromatic heterocycles. The molecule has 1 aliphatic rings. The van der Waals surface area contributed by atoms with Crippen LogP contribution in [0.25, 0.3) is 6.08 Å². The van der Waals surface area contributed by atoms with E-state index in [0.717, 1.165) is 23.1 Å². The second kappa shape index (κ2) is 11.4. The summed E-state index contributed by atoms with van der Waals surface area (Å²) >= 11 is 14.4. The van der Waals surface area contributed by atoms with Crippen molar-refractivity contribution >= 4 is 52.4 Å². The van der Waals surface area contributed by atoms with Gasteiger partial charge in [-0.25, -0.2) is 0 Å². The Hall–Kier alpha value is -2.60. The van der Waals surface area contributed by atoms with Crippen LogP contribution in [0.1, 0.15) is 41.5 Å². The molecular formula is C28H28Cl2N2O2S. The highest BCUT2D eigenvalue weighted by molar-refractivity contribution is 7.10. The third-order valence-electron chi connectivity index (χ3n) is 5.98. The van der Waals surface area contributed by atoms with Crippen molar-refractivity contribution in [1.82, 2.24) is 9.80 Å². The molecule has 1 atom stereocenters. The van der Waals surface area contributed by atoms with Crippen LogP contribution in [0.5, 0.6) is 0 Å². The first kappa shape index (κ1) is 25.5. The molecule has 7 heteroatoms. The number of amides is 2. The number of rotatable bonds is 7. The van der Waals surface area contributed by atoms with E-state index in [1.807, 2.05) is 55.1 Å². The van der Waals surface area contributed by atoms with E-state index in [9.17, 15) is 9.59 Å². The molecule has 0 bridgehead atoms. The monoisotopic (exact) mass is 526 g/mol. The lowest BCUT2D eigenvalue weighted by molar-refractivity contribution is -0.140. The van der Waals surface area contributed by atoms with Gasteiger partial charge in [0, 0.05) is 34.1 Å². The van der Waals surface area contributed by atoms with Crippen LogP contribution in [0.4, 0.5) is 0 Å². The summed E-state index contributed by atoms with van der Waals surface area (Å²) in [5.74, 6) is -0.0478. The Balaban J connectivity index is 1.59. The summed E-state index contributed by atoms with van der Waals surface area (Å²) < 4.78 is 0. The van der Waals surface area contributed by atoms with Gasteiger partial charge in [-0.05, 0) is 58.7 Å². The van der Waals surface area contributed by atoms with Crippen LogP contribution < -0.4 is 0 Å². The summed E-state index contributed by atoms with van der Waals surface area (Å²) in [7, 11) is 0. The molecule has 2 heterocycles. The lowest BCUT2D eigenvalue weighted by Crippen LogP contribution is -2.47. The van der Waals surface area contributed by atoms with E-state index in [0.29, 0.717) is 23.1 Å². The first-order valence-corrected chi connectivity index (χ1v) is 13.3. The molecule has 2 amide bonds. The Morgan fingerprint density at radius 3 is 2.60 bits per heavy atom. The van der Waals surface area contributed by atoms with E-state index in [1.54, 1.807) is 40.5 Å². The maximum Gasteiger partial charge on any atom is 0.247 e.